The molecule has 0 fully saturated rings. The van der Waals surface area contributed by atoms with Gasteiger partial charge >= 0.3 is 0 Å². The molecule has 2 N–H and O–H groups in total. The maximum atomic E-state index is 12.7. The van der Waals surface area contributed by atoms with E-state index in [0.717, 1.165) is 16.9 Å². The van der Waals surface area contributed by atoms with E-state index in [2.05, 4.69) is 4.98 Å². The van der Waals surface area contributed by atoms with Crippen LogP contribution in [-0.4, -0.2) is 23.3 Å². The van der Waals surface area contributed by atoms with Crippen LogP contribution in [0.15, 0.2) is 29.8 Å². The maximum absolute atomic E-state index is 12.7. The standard InChI is InChI=1S/C15H15N3O2S/c1-9-13(21-8-17-9)15(20)18-7-6-11(14(16)19)10-4-2-3-5-12(10)18/h2-5,8,11H,6-7H2,1H3,(H2,16,19). The molecule has 0 spiro atoms. The highest BCUT2D eigenvalue weighted by atomic mass is 32.1. The van der Waals surface area contributed by atoms with Crippen molar-refractivity contribution in [3.8, 4) is 0 Å². The van der Waals surface area contributed by atoms with Gasteiger partial charge in [0.25, 0.3) is 5.91 Å². The van der Waals surface area contributed by atoms with Crippen LogP contribution >= 0.6 is 11.3 Å². The second-order valence-electron chi connectivity index (χ2n) is 5.03. The molecule has 1 atom stereocenters. The second kappa shape index (κ2) is 5.29. The van der Waals surface area contributed by atoms with E-state index in [1.165, 1.54) is 11.3 Å². The van der Waals surface area contributed by atoms with Gasteiger partial charge in [-0.1, -0.05) is 18.2 Å². The summed E-state index contributed by atoms with van der Waals surface area (Å²) in [5.41, 5.74) is 9.47. The summed E-state index contributed by atoms with van der Waals surface area (Å²) < 4.78 is 0. The van der Waals surface area contributed by atoms with Crippen molar-refractivity contribution in [2.45, 2.75) is 19.3 Å². The number of nitrogens with zero attached hydrogens (tertiary/aromatic N) is 2. The first kappa shape index (κ1) is 13.8. The quantitative estimate of drug-likeness (QED) is 0.922. The van der Waals surface area contributed by atoms with Gasteiger partial charge in [-0.15, -0.1) is 11.3 Å². The molecule has 1 unspecified atom stereocenters. The fourth-order valence-electron chi connectivity index (χ4n) is 2.70. The number of carbonyl (C=O) groups excluding carboxylic acids is 2. The Morgan fingerprint density at radius 2 is 2.14 bits per heavy atom. The minimum atomic E-state index is -0.344. The molecule has 2 heterocycles. The third-order valence-electron chi connectivity index (χ3n) is 3.77. The number of primary amides is 1. The smallest absolute Gasteiger partial charge is 0.270 e. The first-order valence-corrected chi connectivity index (χ1v) is 7.57. The van der Waals surface area contributed by atoms with Gasteiger partial charge in [0.2, 0.25) is 5.91 Å². The zero-order valence-corrected chi connectivity index (χ0v) is 12.4. The Labute approximate surface area is 126 Å². The number of amides is 2. The largest absolute Gasteiger partial charge is 0.369 e. The van der Waals surface area contributed by atoms with Crippen LogP contribution < -0.4 is 10.6 Å². The zero-order valence-electron chi connectivity index (χ0n) is 11.6. The number of aryl methyl sites for hydroxylation is 1. The molecule has 108 valence electrons. The van der Waals surface area contributed by atoms with Crippen molar-refractivity contribution in [1.82, 2.24) is 4.98 Å². The number of carbonyl (C=O) groups is 2. The summed E-state index contributed by atoms with van der Waals surface area (Å²) in [5, 5.41) is 0. The predicted octanol–water partition coefficient (Wildman–Crippen LogP) is 2.07. The first-order chi connectivity index (χ1) is 10.1. The summed E-state index contributed by atoms with van der Waals surface area (Å²) in [5.74, 6) is -0.735. The number of rotatable bonds is 2. The zero-order chi connectivity index (χ0) is 15.0. The third-order valence-corrected chi connectivity index (χ3v) is 4.69. The average Bonchev–Trinajstić information content (AvgIpc) is 2.91. The lowest BCUT2D eigenvalue weighted by molar-refractivity contribution is -0.119. The highest BCUT2D eigenvalue weighted by Crippen LogP contribution is 2.36. The lowest BCUT2D eigenvalue weighted by atomic mass is 9.89. The van der Waals surface area contributed by atoms with Crippen molar-refractivity contribution in [2.75, 3.05) is 11.4 Å². The van der Waals surface area contributed by atoms with Gasteiger partial charge in [0.05, 0.1) is 17.1 Å². The van der Waals surface area contributed by atoms with E-state index in [-0.39, 0.29) is 17.7 Å². The van der Waals surface area contributed by atoms with Crippen LogP contribution in [0.4, 0.5) is 5.69 Å². The third kappa shape index (κ3) is 2.31. The Morgan fingerprint density at radius 3 is 2.81 bits per heavy atom. The van der Waals surface area contributed by atoms with Crippen LogP contribution in [0.25, 0.3) is 0 Å². The molecule has 1 aromatic carbocycles. The van der Waals surface area contributed by atoms with E-state index >= 15 is 0 Å². The molecule has 0 bridgehead atoms. The normalized spacial score (nSPS) is 17.4. The summed E-state index contributed by atoms with van der Waals surface area (Å²) in [7, 11) is 0. The van der Waals surface area contributed by atoms with Crippen molar-refractivity contribution >= 4 is 28.8 Å². The van der Waals surface area contributed by atoms with Gasteiger partial charge in [0.15, 0.2) is 0 Å². The molecule has 0 saturated heterocycles. The van der Waals surface area contributed by atoms with Crippen molar-refractivity contribution in [3.05, 3.63) is 45.9 Å². The maximum Gasteiger partial charge on any atom is 0.270 e. The number of hydrogen-bond acceptors (Lipinski definition) is 4. The average molecular weight is 301 g/mol. The van der Waals surface area contributed by atoms with Gasteiger partial charge in [0.1, 0.15) is 4.88 Å². The lowest BCUT2D eigenvalue weighted by Gasteiger charge is -2.32. The van der Waals surface area contributed by atoms with Gasteiger partial charge in [-0.05, 0) is 25.0 Å². The van der Waals surface area contributed by atoms with E-state index in [0.29, 0.717) is 17.8 Å². The first-order valence-electron chi connectivity index (χ1n) is 6.69. The Hall–Kier alpha value is -2.21. The molecule has 1 aliphatic rings. The van der Waals surface area contributed by atoms with E-state index in [4.69, 9.17) is 5.73 Å². The summed E-state index contributed by atoms with van der Waals surface area (Å²) in [6.07, 6.45) is 0.552. The molecule has 1 aliphatic heterocycles. The van der Waals surface area contributed by atoms with Crippen LogP contribution in [0.2, 0.25) is 0 Å². The Balaban J connectivity index is 2.02. The number of anilines is 1. The van der Waals surface area contributed by atoms with Gasteiger partial charge in [0, 0.05) is 12.2 Å². The van der Waals surface area contributed by atoms with Gasteiger partial charge in [-0.2, -0.15) is 0 Å². The van der Waals surface area contributed by atoms with Gasteiger partial charge in [-0.25, -0.2) is 4.98 Å². The highest BCUT2D eigenvalue weighted by Gasteiger charge is 2.32. The van der Waals surface area contributed by atoms with Crippen LogP contribution in [0, 0.1) is 6.92 Å². The van der Waals surface area contributed by atoms with Gasteiger partial charge in [-0.3, -0.25) is 9.59 Å². The number of para-hydroxylation sites is 1. The molecule has 6 heteroatoms. The van der Waals surface area contributed by atoms with Crippen molar-refractivity contribution in [3.63, 3.8) is 0 Å². The van der Waals surface area contributed by atoms with E-state index in [1.807, 2.05) is 31.2 Å². The van der Waals surface area contributed by atoms with Crippen LogP contribution in [0.1, 0.15) is 33.3 Å². The van der Waals surface area contributed by atoms with E-state index in [9.17, 15) is 9.59 Å². The molecular formula is C15H15N3O2S. The fraction of sp³-hybridized carbons (Fsp3) is 0.267. The minimum Gasteiger partial charge on any atom is -0.369 e. The molecule has 2 amide bonds. The number of hydrogen-bond donors (Lipinski definition) is 1. The molecule has 3 rings (SSSR count). The summed E-state index contributed by atoms with van der Waals surface area (Å²) in [4.78, 5) is 30.8. The van der Waals surface area contributed by atoms with Crippen LogP contribution in [0.5, 0.6) is 0 Å². The minimum absolute atomic E-state index is 0.0645. The van der Waals surface area contributed by atoms with Crippen LogP contribution in [0.3, 0.4) is 0 Å². The molecule has 5 nitrogen and oxygen atoms in total. The molecular weight excluding hydrogens is 286 g/mol. The summed E-state index contributed by atoms with van der Waals surface area (Å²) in [6, 6.07) is 7.45. The second-order valence-corrected chi connectivity index (χ2v) is 5.88. The summed E-state index contributed by atoms with van der Waals surface area (Å²) >= 11 is 1.34. The van der Waals surface area contributed by atoms with Crippen LogP contribution in [-0.2, 0) is 4.79 Å². The van der Waals surface area contributed by atoms with Crippen molar-refractivity contribution < 1.29 is 9.59 Å². The lowest BCUT2D eigenvalue weighted by Crippen LogP contribution is -2.39. The number of aromatic nitrogens is 1. The molecule has 1 aromatic heterocycles. The number of fused-ring (bicyclic) bond motifs is 1. The molecule has 21 heavy (non-hydrogen) atoms. The summed E-state index contributed by atoms with van der Waals surface area (Å²) in [6.45, 7) is 2.31. The van der Waals surface area contributed by atoms with E-state index < -0.39 is 0 Å². The fourth-order valence-corrected chi connectivity index (χ4v) is 3.45. The highest BCUT2D eigenvalue weighted by molar-refractivity contribution is 7.12. The van der Waals surface area contributed by atoms with Crippen molar-refractivity contribution in [1.29, 1.82) is 0 Å². The predicted molar refractivity (Wildman–Crippen MR) is 81.5 cm³/mol. The van der Waals surface area contributed by atoms with Crippen molar-refractivity contribution in [2.24, 2.45) is 5.73 Å². The number of thiazole rings is 1. The van der Waals surface area contributed by atoms with Gasteiger partial charge < -0.3 is 10.6 Å². The SMILES string of the molecule is Cc1ncsc1C(=O)N1CCC(C(N)=O)c2ccccc21. The monoisotopic (exact) mass is 301 g/mol. The Bertz CT molecular complexity index is 710. The molecule has 0 radical (unpaired) electrons. The molecule has 0 saturated carbocycles. The molecule has 2 aromatic rings. The topological polar surface area (TPSA) is 76.3 Å². The molecule has 0 aliphatic carbocycles. The number of benzene rings is 1. The Kier molecular flexibility index (Phi) is 3.47. The number of nitrogens with two attached hydrogens (primary N) is 1. The van der Waals surface area contributed by atoms with E-state index in [1.54, 1.807) is 10.4 Å². The Morgan fingerprint density at radius 1 is 1.38 bits per heavy atom.